The van der Waals surface area contributed by atoms with Gasteiger partial charge in [-0.25, -0.2) is 9.37 Å². The number of hydrogen-bond acceptors (Lipinski definition) is 3. The van der Waals surface area contributed by atoms with E-state index in [0.29, 0.717) is 28.6 Å². The first-order valence-electron chi connectivity index (χ1n) is 7.22. The van der Waals surface area contributed by atoms with Gasteiger partial charge >= 0.3 is 0 Å². The average Bonchev–Trinajstić information content (AvgIpc) is 3.06. The molecule has 2 amide bonds. The number of halogens is 1. The predicted molar refractivity (Wildman–Crippen MR) is 81.6 cm³/mol. The molecule has 0 bridgehead atoms. The lowest BCUT2D eigenvalue weighted by molar-refractivity contribution is 0.0656. The summed E-state index contributed by atoms with van der Waals surface area (Å²) >= 11 is 0. The van der Waals surface area contributed by atoms with Gasteiger partial charge in [0, 0.05) is 18.1 Å². The van der Waals surface area contributed by atoms with Gasteiger partial charge in [0.2, 0.25) is 0 Å². The molecule has 3 heterocycles. The van der Waals surface area contributed by atoms with Gasteiger partial charge in [-0.2, -0.15) is 0 Å². The molecule has 4 rings (SSSR count). The van der Waals surface area contributed by atoms with Crippen LogP contribution in [0.15, 0.2) is 42.7 Å². The Morgan fingerprint density at radius 1 is 1.13 bits per heavy atom. The summed E-state index contributed by atoms with van der Waals surface area (Å²) in [6.45, 7) is 0.246. The highest BCUT2D eigenvalue weighted by atomic mass is 19.1. The number of nitrogens with zero attached hydrogens (tertiary/aromatic N) is 2. The van der Waals surface area contributed by atoms with Crippen LogP contribution in [0.3, 0.4) is 0 Å². The second-order valence-electron chi connectivity index (χ2n) is 5.42. The molecule has 23 heavy (non-hydrogen) atoms. The predicted octanol–water partition coefficient (Wildman–Crippen LogP) is 2.54. The molecule has 3 aromatic rings. The number of H-pyrrole nitrogens is 1. The maximum atomic E-state index is 13.3. The maximum Gasteiger partial charge on any atom is 0.261 e. The maximum absolute atomic E-state index is 13.3. The summed E-state index contributed by atoms with van der Waals surface area (Å²) in [5, 5.41) is 0.668. The van der Waals surface area contributed by atoms with Crippen molar-refractivity contribution < 1.29 is 14.0 Å². The zero-order valence-electron chi connectivity index (χ0n) is 12.0. The van der Waals surface area contributed by atoms with E-state index in [1.165, 1.54) is 11.0 Å². The molecule has 0 atom stereocenters. The molecule has 1 aromatic carbocycles. The molecule has 0 fully saturated rings. The van der Waals surface area contributed by atoms with E-state index < -0.39 is 5.82 Å². The summed E-state index contributed by atoms with van der Waals surface area (Å²) in [6, 6.07) is 8.18. The molecule has 1 N–H and O–H groups in total. The SMILES string of the molecule is O=C1c2ccccc2C(=O)N1CCc1c[nH]c2ncc(F)cc12. The molecule has 0 radical (unpaired) electrons. The minimum atomic E-state index is -0.418. The highest BCUT2D eigenvalue weighted by Crippen LogP contribution is 2.24. The lowest BCUT2D eigenvalue weighted by Gasteiger charge is -2.13. The van der Waals surface area contributed by atoms with E-state index in [4.69, 9.17) is 0 Å². The van der Waals surface area contributed by atoms with Crippen LogP contribution < -0.4 is 0 Å². The fourth-order valence-electron chi connectivity index (χ4n) is 2.91. The Balaban J connectivity index is 1.59. The molecule has 6 heteroatoms. The third-order valence-electron chi connectivity index (χ3n) is 4.07. The van der Waals surface area contributed by atoms with Crippen LogP contribution in [0.1, 0.15) is 26.3 Å². The molecular weight excluding hydrogens is 297 g/mol. The minimum Gasteiger partial charge on any atom is -0.346 e. The number of hydrogen-bond donors (Lipinski definition) is 1. The number of benzene rings is 1. The summed E-state index contributed by atoms with van der Waals surface area (Å²) in [6.07, 6.45) is 3.32. The second kappa shape index (κ2) is 5.01. The third kappa shape index (κ3) is 2.11. The van der Waals surface area contributed by atoms with Crippen molar-refractivity contribution in [1.29, 1.82) is 0 Å². The van der Waals surface area contributed by atoms with Gasteiger partial charge in [0.25, 0.3) is 11.8 Å². The van der Waals surface area contributed by atoms with Crippen molar-refractivity contribution in [3.8, 4) is 0 Å². The Labute approximate surface area is 130 Å². The zero-order valence-corrected chi connectivity index (χ0v) is 12.0. The number of nitrogens with one attached hydrogen (secondary N) is 1. The lowest BCUT2D eigenvalue weighted by Crippen LogP contribution is -2.31. The van der Waals surface area contributed by atoms with Gasteiger partial charge in [0.1, 0.15) is 11.5 Å². The number of carbonyl (C=O) groups is 2. The van der Waals surface area contributed by atoms with Crippen molar-refractivity contribution in [2.45, 2.75) is 6.42 Å². The third-order valence-corrected chi connectivity index (χ3v) is 4.07. The summed E-state index contributed by atoms with van der Waals surface area (Å²) in [5.74, 6) is -0.983. The van der Waals surface area contributed by atoms with Crippen LogP contribution >= 0.6 is 0 Å². The van der Waals surface area contributed by atoms with Crippen LogP contribution in [-0.4, -0.2) is 33.2 Å². The van der Waals surface area contributed by atoms with Gasteiger partial charge in [0.05, 0.1) is 17.3 Å². The van der Waals surface area contributed by atoms with Crippen LogP contribution in [0, 0.1) is 5.82 Å². The number of amides is 2. The molecule has 0 aliphatic carbocycles. The van der Waals surface area contributed by atoms with E-state index in [-0.39, 0.29) is 18.4 Å². The van der Waals surface area contributed by atoms with Crippen LogP contribution in [0.4, 0.5) is 4.39 Å². The van der Waals surface area contributed by atoms with Gasteiger partial charge in [-0.05, 0) is 30.2 Å². The minimum absolute atomic E-state index is 0.246. The van der Waals surface area contributed by atoms with Gasteiger partial charge in [-0.1, -0.05) is 12.1 Å². The number of fused-ring (bicyclic) bond motifs is 2. The van der Waals surface area contributed by atoms with Crippen LogP contribution in [0.25, 0.3) is 11.0 Å². The Morgan fingerprint density at radius 2 is 1.83 bits per heavy atom. The summed E-state index contributed by atoms with van der Waals surface area (Å²) in [5.41, 5.74) is 2.28. The lowest BCUT2D eigenvalue weighted by atomic mass is 10.1. The van der Waals surface area contributed by atoms with Crippen LogP contribution in [-0.2, 0) is 6.42 Å². The summed E-state index contributed by atoms with van der Waals surface area (Å²) in [7, 11) is 0. The molecule has 2 aromatic heterocycles. The summed E-state index contributed by atoms with van der Waals surface area (Å²) in [4.78, 5) is 32.8. The smallest absolute Gasteiger partial charge is 0.261 e. The normalized spacial score (nSPS) is 13.9. The molecule has 1 aliphatic heterocycles. The van der Waals surface area contributed by atoms with Crippen molar-refractivity contribution in [1.82, 2.24) is 14.9 Å². The van der Waals surface area contributed by atoms with Crippen molar-refractivity contribution in [3.63, 3.8) is 0 Å². The van der Waals surface area contributed by atoms with Crippen LogP contribution in [0.5, 0.6) is 0 Å². The van der Waals surface area contributed by atoms with Gasteiger partial charge < -0.3 is 4.98 Å². The van der Waals surface area contributed by atoms with Gasteiger partial charge in [-0.3, -0.25) is 14.5 Å². The first-order valence-corrected chi connectivity index (χ1v) is 7.22. The molecule has 0 spiro atoms. The fraction of sp³-hybridized carbons (Fsp3) is 0.118. The van der Waals surface area contributed by atoms with E-state index in [2.05, 4.69) is 9.97 Å². The van der Waals surface area contributed by atoms with Gasteiger partial charge in [-0.15, -0.1) is 0 Å². The van der Waals surface area contributed by atoms with Crippen molar-refractivity contribution in [2.75, 3.05) is 6.54 Å². The van der Waals surface area contributed by atoms with E-state index in [9.17, 15) is 14.0 Å². The zero-order chi connectivity index (χ0) is 16.0. The van der Waals surface area contributed by atoms with E-state index >= 15 is 0 Å². The number of aromatic amines is 1. The Kier molecular flexibility index (Phi) is 2.97. The highest BCUT2D eigenvalue weighted by molar-refractivity contribution is 6.21. The van der Waals surface area contributed by atoms with E-state index in [0.717, 1.165) is 11.8 Å². The van der Waals surface area contributed by atoms with Crippen molar-refractivity contribution in [3.05, 3.63) is 65.2 Å². The molecule has 0 saturated carbocycles. The average molecular weight is 309 g/mol. The Hall–Kier alpha value is -3.02. The van der Waals surface area contributed by atoms with E-state index in [1.807, 2.05) is 0 Å². The number of pyridine rings is 1. The van der Waals surface area contributed by atoms with Crippen molar-refractivity contribution >= 4 is 22.8 Å². The molecule has 114 valence electrons. The largest absolute Gasteiger partial charge is 0.346 e. The standard InChI is InChI=1S/C17H12FN3O2/c18-11-7-14-10(8-19-15(14)20-9-11)5-6-21-16(22)12-3-1-2-4-13(12)17(21)23/h1-4,7-9H,5-6H2,(H,19,20). The van der Waals surface area contributed by atoms with E-state index in [1.54, 1.807) is 30.5 Å². The quantitative estimate of drug-likeness (QED) is 0.756. The summed E-state index contributed by atoms with van der Waals surface area (Å²) < 4.78 is 13.3. The monoisotopic (exact) mass is 309 g/mol. The van der Waals surface area contributed by atoms with Crippen LogP contribution in [0.2, 0.25) is 0 Å². The topological polar surface area (TPSA) is 66.1 Å². The first-order chi connectivity index (χ1) is 11.1. The highest BCUT2D eigenvalue weighted by Gasteiger charge is 2.34. The van der Waals surface area contributed by atoms with Gasteiger partial charge in [0.15, 0.2) is 0 Å². The Morgan fingerprint density at radius 3 is 2.52 bits per heavy atom. The molecule has 1 aliphatic rings. The number of aromatic nitrogens is 2. The number of imide groups is 1. The fourth-order valence-corrected chi connectivity index (χ4v) is 2.91. The molecular formula is C17H12FN3O2. The Bertz CT molecular complexity index is 913. The number of rotatable bonds is 3. The second-order valence-corrected chi connectivity index (χ2v) is 5.42. The molecule has 5 nitrogen and oxygen atoms in total. The first kappa shape index (κ1) is 13.6. The number of carbonyl (C=O) groups excluding carboxylic acids is 2. The van der Waals surface area contributed by atoms with Crippen molar-refractivity contribution in [2.24, 2.45) is 0 Å². The molecule has 0 saturated heterocycles. The molecule has 0 unspecified atom stereocenters.